The van der Waals surface area contributed by atoms with Crippen LogP contribution in [0.5, 0.6) is 5.75 Å². The van der Waals surface area contributed by atoms with E-state index in [0.29, 0.717) is 5.69 Å². The summed E-state index contributed by atoms with van der Waals surface area (Å²) in [5.74, 6) is -2.24. The molecule has 2 aromatic carbocycles. The molecule has 0 radical (unpaired) electrons. The third kappa shape index (κ3) is 3.86. The Morgan fingerprint density at radius 1 is 1.04 bits per heavy atom. The molecular weight excluding hydrogens is 339 g/mol. The van der Waals surface area contributed by atoms with Crippen LogP contribution in [0.15, 0.2) is 60.8 Å². The topological polar surface area (TPSA) is 96.3 Å². The first-order chi connectivity index (χ1) is 12.5. The highest BCUT2D eigenvalue weighted by molar-refractivity contribution is 5.96. The van der Waals surface area contributed by atoms with Crippen molar-refractivity contribution in [3.8, 4) is 11.4 Å². The van der Waals surface area contributed by atoms with Gasteiger partial charge in [0.2, 0.25) is 5.91 Å². The number of rotatable bonds is 4. The number of aromatic hydroxyl groups is 1. The molecule has 0 aliphatic heterocycles. The summed E-state index contributed by atoms with van der Waals surface area (Å²) in [5, 5.41) is 13.9. The van der Waals surface area contributed by atoms with Gasteiger partial charge in [-0.05, 0) is 23.8 Å². The van der Waals surface area contributed by atoms with Crippen molar-refractivity contribution in [1.82, 2.24) is 20.6 Å². The van der Waals surface area contributed by atoms with Crippen molar-refractivity contribution in [3.05, 3.63) is 77.9 Å². The van der Waals surface area contributed by atoms with E-state index in [1.165, 1.54) is 29.1 Å². The van der Waals surface area contributed by atoms with Crippen LogP contribution in [0.4, 0.5) is 4.39 Å². The maximum atomic E-state index is 13.5. The Bertz CT molecular complexity index is 941. The van der Waals surface area contributed by atoms with Gasteiger partial charge < -0.3 is 5.11 Å². The van der Waals surface area contributed by atoms with Gasteiger partial charge in [0, 0.05) is 0 Å². The zero-order valence-electron chi connectivity index (χ0n) is 13.5. The predicted octanol–water partition coefficient (Wildman–Crippen LogP) is 1.72. The Kier molecular flexibility index (Phi) is 4.93. The number of carbonyl (C=O) groups excluding carboxylic acids is 2. The van der Waals surface area contributed by atoms with Crippen LogP contribution >= 0.6 is 0 Å². The van der Waals surface area contributed by atoms with Crippen molar-refractivity contribution >= 4 is 11.8 Å². The number of amides is 2. The third-order valence-electron chi connectivity index (χ3n) is 3.56. The van der Waals surface area contributed by atoms with Gasteiger partial charge in [0.05, 0.1) is 18.3 Å². The maximum absolute atomic E-state index is 13.5. The van der Waals surface area contributed by atoms with E-state index in [-0.39, 0.29) is 23.4 Å². The van der Waals surface area contributed by atoms with E-state index in [9.17, 15) is 19.1 Å². The van der Waals surface area contributed by atoms with Gasteiger partial charge in [-0.2, -0.15) is 5.10 Å². The van der Waals surface area contributed by atoms with Crippen LogP contribution in [0.1, 0.15) is 16.1 Å². The average molecular weight is 354 g/mol. The Labute approximate surface area is 148 Å². The summed E-state index contributed by atoms with van der Waals surface area (Å²) in [6.45, 7) is 0. The second kappa shape index (κ2) is 7.47. The fourth-order valence-electron chi connectivity index (χ4n) is 2.28. The number of hydrogen-bond donors (Lipinski definition) is 3. The van der Waals surface area contributed by atoms with E-state index in [0.717, 1.165) is 0 Å². The summed E-state index contributed by atoms with van der Waals surface area (Å²) in [5.41, 5.74) is 4.93. The summed E-state index contributed by atoms with van der Waals surface area (Å²) >= 11 is 0. The third-order valence-corrected chi connectivity index (χ3v) is 3.56. The van der Waals surface area contributed by atoms with E-state index in [1.54, 1.807) is 30.3 Å². The standard InChI is InChI=1S/C18H15FN4O3/c19-14-9-5-4-6-12(14)10-16(25)20-21-18(26)17-15(24)11-23(22-17)13-7-2-1-3-8-13/h1-9,11,24H,10H2,(H,20,25)(H,21,26). The Balaban J connectivity index is 1.63. The molecule has 0 bridgehead atoms. The molecule has 0 saturated heterocycles. The zero-order valence-corrected chi connectivity index (χ0v) is 13.5. The number of nitrogens with one attached hydrogen (secondary N) is 2. The number of halogens is 1. The Morgan fingerprint density at radius 2 is 1.73 bits per heavy atom. The van der Waals surface area contributed by atoms with Gasteiger partial charge in [0.15, 0.2) is 11.4 Å². The zero-order chi connectivity index (χ0) is 18.5. The molecule has 2 amide bonds. The molecule has 3 N–H and O–H groups in total. The summed E-state index contributed by atoms with van der Waals surface area (Å²) in [7, 11) is 0. The number of hydrogen-bond acceptors (Lipinski definition) is 4. The van der Waals surface area contributed by atoms with Gasteiger partial charge in [-0.3, -0.25) is 20.4 Å². The normalized spacial score (nSPS) is 10.3. The minimum atomic E-state index is -0.793. The van der Waals surface area contributed by atoms with E-state index >= 15 is 0 Å². The van der Waals surface area contributed by atoms with Crippen LogP contribution in [0.3, 0.4) is 0 Å². The van der Waals surface area contributed by atoms with Gasteiger partial charge in [0.25, 0.3) is 5.91 Å². The van der Waals surface area contributed by atoms with Crippen molar-refractivity contribution in [3.63, 3.8) is 0 Å². The smallest absolute Gasteiger partial charge is 0.294 e. The lowest BCUT2D eigenvalue weighted by molar-refractivity contribution is -0.121. The largest absolute Gasteiger partial charge is 0.504 e. The lowest BCUT2D eigenvalue weighted by Crippen LogP contribution is -2.42. The number of nitrogens with zero attached hydrogens (tertiary/aromatic N) is 2. The van der Waals surface area contributed by atoms with Crippen molar-refractivity contribution in [2.75, 3.05) is 0 Å². The molecule has 7 nitrogen and oxygen atoms in total. The molecule has 26 heavy (non-hydrogen) atoms. The first kappa shape index (κ1) is 17.2. The lowest BCUT2D eigenvalue weighted by atomic mass is 10.1. The van der Waals surface area contributed by atoms with Crippen LogP contribution in [0.2, 0.25) is 0 Å². The molecule has 0 aliphatic carbocycles. The molecular formula is C18H15FN4O3. The molecule has 132 valence electrons. The number of benzene rings is 2. The number of para-hydroxylation sites is 1. The van der Waals surface area contributed by atoms with Gasteiger partial charge in [-0.25, -0.2) is 9.07 Å². The molecule has 8 heteroatoms. The number of carbonyl (C=O) groups is 2. The van der Waals surface area contributed by atoms with Crippen molar-refractivity contribution in [2.24, 2.45) is 0 Å². The highest BCUT2D eigenvalue weighted by Gasteiger charge is 2.18. The minimum Gasteiger partial charge on any atom is -0.504 e. The molecule has 1 aromatic heterocycles. The van der Waals surface area contributed by atoms with Crippen LogP contribution < -0.4 is 10.9 Å². The van der Waals surface area contributed by atoms with Crippen molar-refractivity contribution in [2.45, 2.75) is 6.42 Å². The van der Waals surface area contributed by atoms with E-state index in [2.05, 4.69) is 16.0 Å². The number of aromatic nitrogens is 2. The molecule has 3 rings (SSSR count). The number of hydrazine groups is 1. The quantitative estimate of drug-likeness (QED) is 0.622. The molecule has 0 aliphatic rings. The lowest BCUT2D eigenvalue weighted by Gasteiger charge is -2.07. The molecule has 3 aromatic rings. The highest BCUT2D eigenvalue weighted by atomic mass is 19.1. The second-order valence-electron chi connectivity index (χ2n) is 5.41. The first-order valence-corrected chi connectivity index (χ1v) is 7.71. The van der Waals surface area contributed by atoms with Gasteiger partial charge >= 0.3 is 0 Å². The summed E-state index contributed by atoms with van der Waals surface area (Å²) < 4.78 is 14.9. The molecule has 0 atom stereocenters. The van der Waals surface area contributed by atoms with Gasteiger partial charge in [-0.1, -0.05) is 36.4 Å². The second-order valence-corrected chi connectivity index (χ2v) is 5.41. The van der Waals surface area contributed by atoms with Crippen LogP contribution in [-0.4, -0.2) is 26.7 Å². The van der Waals surface area contributed by atoms with Crippen LogP contribution in [0, 0.1) is 5.82 Å². The maximum Gasteiger partial charge on any atom is 0.294 e. The van der Waals surface area contributed by atoms with Crippen molar-refractivity contribution in [1.29, 1.82) is 0 Å². The minimum absolute atomic E-state index is 0.204. The van der Waals surface area contributed by atoms with Gasteiger partial charge in [-0.15, -0.1) is 0 Å². The summed E-state index contributed by atoms with van der Waals surface area (Å²) in [6.07, 6.45) is 1.04. The molecule has 0 unspecified atom stereocenters. The molecule has 0 spiro atoms. The fraction of sp³-hybridized carbons (Fsp3) is 0.0556. The van der Waals surface area contributed by atoms with Crippen LogP contribution in [-0.2, 0) is 11.2 Å². The molecule has 0 fully saturated rings. The van der Waals surface area contributed by atoms with Gasteiger partial charge in [0.1, 0.15) is 5.82 Å². The summed E-state index contributed by atoms with van der Waals surface area (Å²) in [4.78, 5) is 23.9. The molecule has 0 saturated carbocycles. The SMILES string of the molecule is O=C(Cc1ccccc1F)NNC(=O)c1nn(-c2ccccc2)cc1O. The highest BCUT2D eigenvalue weighted by Crippen LogP contribution is 2.17. The molecule has 1 heterocycles. The fourth-order valence-corrected chi connectivity index (χ4v) is 2.28. The Morgan fingerprint density at radius 3 is 2.46 bits per heavy atom. The summed E-state index contributed by atoms with van der Waals surface area (Å²) in [6, 6.07) is 14.8. The van der Waals surface area contributed by atoms with E-state index in [4.69, 9.17) is 0 Å². The Hall–Kier alpha value is -3.68. The van der Waals surface area contributed by atoms with Crippen molar-refractivity contribution < 1.29 is 19.1 Å². The average Bonchev–Trinajstić information content (AvgIpc) is 3.04. The predicted molar refractivity (Wildman–Crippen MR) is 90.9 cm³/mol. The first-order valence-electron chi connectivity index (χ1n) is 7.71. The van der Waals surface area contributed by atoms with E-state index < -0.39 is 17.6 Å². The monoisotopic (exact) mass is 354 g/mol. The van der Waals surface area contributed by atoms with E-state index in [1.807, 2.05) is 6.07 Å². The van der Waals surface area contributed by atoms with Crippen LogP contribution in [0.25, 0.3) is 5.69 Å².